The molecule has 1 aromatic heterocycles. The average molecular weight is 364 g/mol. The van der Waals surface area contributed by atoms with Gasteiger partial charge in [0.1, 0.15) is 9.39 Å². The Labute approximate surface area is 119 Å². The van der Waals surface area contributed by atoms with Crippen LogP contribution in [0.5, 0.6) is 0 Å². The highest BCUT2D eigenvalue weighted by Gasteiger charge is 2.22. The molecule has 7 heteroatoms. The van der Waals surface area contributed by atoms with Gasteiger partial charge < -0.3 is 20.4 Å². The highest BCUT2D eigenvalue weighted by atomic mass is 127. The number of halogens is 1. The maximum Gasteiger partial charge on any atom is 0.266 e. The van der Waals surface area contributed by atoms with E-state index in [1.165, 1.54) is 6.33 Å². The van der Waals surface area contributed by atoms with E-state index in [4.69, 9.17) is 10.5 Å². The number of nitrogens with zero attached hydrogens (tertiary/aromatic N) is 2. The molecule has 0 bridgehead atoms. The van der Waals surface area contributed by atoms with Gasteiger partial charge in [-0.1, -0.05) is 0 Å². The summed E-state index contributed by atoms with van der Waals surface area (Å²) in [6.45, 7) is 2.91. The Morgan fingerprint density at radius 3 is 2.94 bits per heavy atom. The highest BCUT2D eigenvalue weighted by Crippen LogP contribution is 2.21. The number of nitrogens with one attached hydrogen (secondary N) is 1. The van der Waals surface area contributed by atoms with Crippen LogP contribution in [0.1, 0.15) is 12.8 Å². The zero-order chi connectivity index (χ0) is 13.0. The van der Waals surface area contributed by atoms with Crippen molar-refractivity contribution in [2.45, 2.75) is 18.9 Å². The van der Waals surface area contributed by atoms with Crippen LogP contribution in [0.4, 0.5) is 5.82 Å². The molecule has 18 heavy (non-hydrogen) atoms. The minimum Gasteiger partial charge on any atom is -0.377 e. The van der Waals surface area contributed by atoms with Crippen LogP contribution in [0, 0.1) is 3.57 Å². The third kappa shape index (κ3) is 3.21. The summed E-state index contributed by atoms with van der Waals surface area (Å²) in [4.78, 5) is 20.5. The standard InChI is InChI=1S/C11H17IN4O2/c12-9-10(14-7-15-11(9)17)16-4-1-8(2-5-16)18-6-3-13/h7-8H,1-6,13H2,(H,14,15,17). The molecule has 1 aliphatic heterocycles. The van der Waals surface area contributed by atoms with Gasteiger partial charge in [-0.25, -0.2) is 4.98 Å². The van der Waals surface area contributed by atoms with Crippen molar-refractivity contribution in [2.75, 3.05) is 31.1 Å². The maximum absolute atomic E-state index is 11.5. The molecule has 1 aromatic rings. The SMILES string of the molecule is NCCOC1CCN(c2nc[nH]c(=O)c2I)CC1. The lowest BCUT2D eigenvalue weighted by molar-refractivity contribution is 0.0421. The predicted octanol–water partition coefficient (Wildman–Crippen LogP) is 0.319. The van der Waals surface area contributed by atoms with Crippen LogP contribution in [0.15, 0.2) is 11.1 Å². The van der Waals surface area contributed by atoms with Crippen molar-refractivity contribution in [2.24, 2.45) is 5.73 Å². The van der Waals surface area contributed by atoms with E-state index in [0.29, 0.717) is 16.7 Å². The second-order valence-electron chi connectivity index (χ2n) is 4.22. The van der Waals surface area contributed by atoms with Crippen molar-refractivity contribution in [1.82, 2.24) is 9.97 Å². The number of hydrogen-bond donors (Lipinski definition) is 2. The van der Waals surface area contributed by atoms with Crippen LogP contribution in [-0.4, -0.2) is 42.3 Å². The Kier molecular flexibility index (Phi) is 4.95. The van der Waals surface area contributed by atoms with Gasteiger partial charge >= 0.3 is 0 Å². The van der Waals surface area contributed by atoms with Gasteiger partial charge in [0.05, 0.1) is 19.0 Å². The van der Waals surface area contributed by atoms with Gasteiger partial charge in [0.15, 0.2) is 0 Å². The van der Waals surface area contributed by atoms with Gasteiger partial charge in [0.2, 0.25) is 0 Å². The molecule has 3 N–H and O–H groups in total. The molecule has 0 radical (unpaired) electrons. The molecule has 6 nitrogen and oxygen atoms in total. The number of hydrogen-bond acceptors (Lipinski definition) is 5. The maximum atomic E-state index is 11.5. The van der Waals surface area contributed by atoms with E-state index >= 15 is 0 Å². The van der Waals surface area contributed by atoms with Crippen molar-refractivity contribution in [1.29, 1.82) is 0 Å². The van der Waals surface area contributed by atoms with Gasteiger partial charge in [0.25, 0.3) is 5.56 Å². The quantitative estimate of drug-likeness (QED) is 0.752. The van der Waals surface area contributed by atoms with Crippen LogP contribution in [0.25, 0.3) is 0 Å². The number of ether oxygens (including phenoxy) is 1. The Hall–Kier alpha value is -0.670. The summed E-state index contributed by atoms with van der Waals surface area (Å²) in [6, 6.07) is 0. The Morgan fingerprint density at radius 1 is 1.56 bits per heavy atom. The molecule has 0 saturated carbocycles. The van der Waals surface area contributed by atoms with Gasteiger partial charge in [0, 0.05) is 19.6 Å². The summed E-state index contributed by atoms with van der Waals surface area (Å²) < 4.78 is 6.28. The van der Waals surface area contributed by atoms with Crippen molar-refractivity contribution in [3.63, 3.8) is 0 Å². The molecule has 0 aliphatic carbocycles. The number of H-pyrrole nitrogens is 1. The van der Waals surface area contributed by atoms with Crippen LogP contribution in [0.2, 0.25) is 0 Å². The monoisotopic (exact) mass is 364 g/mol. The number of nitrogens with two attached hydrogens (primary N) is 1. The topological polar surface area (TPSA) is 84.2 Å². The highest BCUT2D eigenvalue weighted by molar-refractivity contribution is 14.1. The van der Waals surface area contributed by atoms with Crippen molar-refractivity contribution < 1.29 is 4.74 Å². The van der Waals surface area contributed by atoms with Crippen LogP contribution in [-0.2, 0) is 4.74 Å². The van der Waals surface area contributed by atoms with Crippen LogP contribution >= 0.6 is 22.6 Å². The fourth-order valence-corrected chi connectivity index (χ4v) is 2.70. The van der Waals surface area contributed by atoms with Gasteiger partial charge in [-0.2, -0.15) is 0 Å². The molecule has 0 atom stereocenters. The lowest BCUT2D eigenvalue weighted by Crippen LogP contribution is -2.39. The van der Waals surface area contributed by atoms with Gasteiger partial charge in [-0.15, -0.1) is 0 Å². The molecule has 2 heterocycles. The summed E-state index contributed by atoms with van der Waals surface area (Å²) in [7, 11) is 0. The first-order valence-electron chi connectivity index (χ1n) is 6.02. The Balaban J connectivity index is 1.97. The summed E-state index contributed by atoms with van der Waals surface area (Å²) in [6.07, 6.45) is 3.64. The molecule has 2 rings (SSSR count). The first kappa shape index (κ1) is 13.8. The zero-order valence-corrected chi connectivity index (χ0v) is 12.2. The molecule has 100 valence electrons. The fourth-order valence-electron chi connectivity index (χ4n) is 2.06. The molecule has 0 amide bonds. The first-order valence-corrected chi connectivity index (χ1v) is 7.10. The minimum atomic E-state index is -0.0814. The summed E-state index contributed by atoms with van der Waals surface area (Å²) in [5, 5.41) is 0. The molecule has 1 aliphatic rings. The third-order valence-corrected chi connectivity index (χ3v) is 3.96. The number of rotatable bonds is 4. The molecule has 0 aromatic carbocycles. The second-order valence-corrected chi connectivity index (χ2v) is 5.29. The lowest BCUT2D eigenvalue weighted by Gasteiger charge is -2.32. The van der Waals surface area contributed by atoms with Crippen molar-refractivity contribution in [3.05, 3.63) is 20.3 Å². The van der Waals surface area contributed by atoms with E-state index in [-0.39, 0.29) is 11.7 Å². The number of piperidine rings is 1. The van der Waals surface area contributed by atoms with Gasteiger partial charge in [-0.3, -0.25) is 4.79 Å². The van der Waals surface area contributed by atoms with Crippen molar-refractivity contribution in [3.8, 4) is 0 Å². The second kappa shape index (κ2) is 6.48. The van der Waals surface area contributed by atoms with E-state index < -0.39 is 0 Å². The normalized spacial score (nSPS) is 17.1. The summed E-state index contributed by atoms with van der Waals surface area (Å²) in [5.41, 5.74) is 5.33. The van der Waals surface area contributed by atoms with E-state index in [0.717, 1.165) is 31.7 Å². The smallest absolute Gasteiger partial charge is 0.266 e. The molecular weight excluding hydrogens is 347 g/mol. The lowest BCUT2D eigenvalue weighted by atomic mass is 10.1. The molecule has 1 fully saturated rings. The summed E-state index contributed by atoms with van der Waals surface area (Å²) in [5.74, 6) is 0.775. The Morgan fingerprint density at radius 2 is 2.28 bits per heavy atom. The van der Waals surface area contributed by atoms with Gasteiger partial charge in [-0.05, 0) is 35.4 Å². The van der Waals surface area contributed by atoms with E-state index in [1.54, 1.807) is 0 Å². The van der Waals surface area contributed by atoms with Crippen LogP contribution < -0.4 is 16.2 Å². The predicted molar refractivity (Wildman–Crippen MR) is 77.8 cm³/mol. The molecule has 1 saturated heterocycles. The largest absolute Gasteiger partial charge is 0.377 e. The zero-order valence-electron chi connectivity index (χ0n) is 10.1. The molecule has 0 spiro atoms. The first-order chi connectivity index (χ1) is 8.72. The van der Waals surface area contributed by atoms with Crippen molar-refractivity contribution >= 4 is 28.4 Å². The number of aromatic amines is 1. The fraction of sp³-hybridized carbons (Fsp3) is 0.636. The Bertz CT molecular complexity index is 443. The van der Waals surface area contributed by atoms with E-state index in [2.05, 4.69) is 14.9 Å². The number of anilines is 1. The third-order valence-electron chi connectivity index (χ3n) is 2.99. The number of aromatic nitrogens is 2. The summed E-state index contributed by atoms with van der Waals surface area (Å²) >= 11 is 2.04. The minimum absolute atomic E-state index is 0.0814. The average Bonchev–Trinajstić information content (AvgIpc) is 2.40. The molecular formula is C11H17IN4O2. The molecule has 0 unspecified atom stereocenters. The van der Waals surface area contributed by atoms with Crippen LogP contribution in [0.3, 0.4) is 0 Å². The van der Waals surface area contributed by atoms with E-state index in [9.17, 15) is 4.79 Å². The van der Waals surface area contributed by atoms with E-state index in [1.807, 2.05) is 22.6 Å².